The molecular formula is C17H26N2O3. The predicted molar refractivity (Wildman–Crippen MR) is 87.4 cm³/mol. The molecule has 1 saturated heterocycles. The first-order chi connectivity index (χ1) is 10.3. The number of benzene rings is 1. The van der Waals surface area contributed by atoms with Gasteiger partial charge in [0.05, 0.1) is 23.9 Å². The van der Waals surface area contributed by atoms with E-state index in [4.69, 9.17) is 4.74 Å². The highest BCUT2D eigenvalue weighted by atomic mass is 16.5. The Hall–Kier alpha value is -1.75. The van der Waals surface area contributed by atoms with Crippen LogP contribution in [0.5, 0.6) is 5.75 Å². The van der Waals surface area contributed by atoms with Crippen LogP contribution in [0.15, 0.2) is 18.2 Å². The number of anilines is 1. The van der Waals surface area contributed by atoms with E-state index in [1.807, 2.05) is 32.0 Å². The number of urea groups is 1. The largest absolute Gasteiger partial charge is 0.492 e. The van der Waals surface area contributed by atoms with Gasteiger partial charge in [-0.15, -0.1) is 0 Å². The van der Waals surface area contributed by atoms with Crippen molar-refractivity contribution < 1.29 is 14.6 Å². The number of nitrogens with zero attached hydrogens (tertiary/aromatic N) is 1. The Kier molecular flexibility index (Phi) is 4.96. The summed E-state index contributed by atoms with van der Waals surface area (Å²) >= 11 is 0. The van der Waals surface area contributed by atoms with Crippen LogP contribution in [-0.2, 0) is 0 Å². The van der Waals surface area contributed by atoms with Gasteiger partial charge in [-0.1, -0.05) is 6.07 Å². The molecule has 0 spiro atoms. The van der Waals surface area contributed by atoms with Crippen LogP contribution >= 0.6 is 0 Å². The van der Waals surface area contributed by atoms with Gasteiger partial charge in [-0.05, 0) is 58.2 Å². The van der Waals surface area contributed by atoms with E-state index in [9.17, 15) is 9.90 Å². The van der Waals surface area contributed by atoms with Crippen molar-refractivity contribution in [3.8, 4) is 5.75 Å². The van der Waals surface area contributed by atoms with E-state index in [1.165, 1.54) is 0 Å². The van der Waals surface area contributed by atoms with Gasteiger partial charge < -0.3 is 20.1 Å². The van der Waals surface area contributed by atoms with Gasteiger partial charge in [-0.2, -0.15) is 0 Å². The van der Waals surface area contributed by atoms with Gasteiger partial charge in [0, 0.05) is 6.54 Å². The van der Waals surface area contributed by atoms with E-state index in [2.05, 4.69) is 5.32 Å². The maximum absolute atomic E-state index is 12.6. The van der Waals surface area contributed by atoms with Crippen molar-refractivity contribution in [1.29, 1.82) is 0 Å². The third-order valence-corrected chi connectivity index (χ3v) is 4.01. The summed E-state index contributed by atoms with van der Waals surface area (Å²) in [5.74, 6) is 0.676. The second-order valence-corrected chi connectivity index (χ2v) is 6.37. The van der Waals surface area contributed by atoms with Crippen LogP contribution in [0.1, 0.15) is 39.2 Å². The molecule has 2 rings (SSSR count). The minimum atomic E-state index is -0.899. The molecule has 0 bridgehead atoms. The summed E-state index contributed by atoms with van der Waals surface area (Å²) in [7, 11) is 0. The quantitative estimate of drug-likeness (QED) is 0.898. The highest BCUT2D eigenvalue weighted by Gasteiger charge is 2.38. The Labute approximate surface area is 132 Å². The van der Waals surface area contributed by atoms with E-state index in [0.29, 0.717) is 24.6 Å². The zero-order valence-corrected chi connectivity index (χ0v) is 13.8. The second kappa shape index (κ2) is 6.57. The fourth-order valence-electron chi connectivity index (χ4n) is 2.94. The Morgan fingerprint density at radius 1 is 1.50 bits per heavy atom. The van der Waals surface area contributed by atoms with E-state index >= 15 is 0 Å². The molecular weight excluding hydrogens is 280 g/mol. The van der Waals surface area contributed by atoms with Crippen molar-refractivity contribution in [1.82, 2.24) is 4.90 Å². The van der Waals surface area contributed by atoms with E-state index in [-0.39, 0.29) is 12.1 Å². The predicted octanol–water partition coefficient (Wildman–Crippen LogP) is 3.16. The van der Waals surface area contributed by atoms with Gasteiger partial charge >= 0.3 is 6.03 Å². The summed E-state index contributed by atoms with van der Waals surface area (Å²) in [6, 6.07) is 5.36. The van der Waals surface area contributed by atoms with Crippen molar-refractivity contribution >= 4 is 11.7 Å². The maximum Gasteiger partial charge on any atom is 0.322 e. The van der Waals surface area contributed by atoms with Gasteiger partial charge in [0.25, 0.3) is 0 Å². The standard InChI is InChI=1S/C17H26N2O3/c1-5-22-14-11-12(2)8-9-13(14)18-16(20)19-10-6-7-15(19)17(3,4)21/h8-9,11,15,21H,5-7,10H2,1-4H3,(H,18,20). The van der Waals surface area contributed by atoms with Gasteiger partial charge in [0.1, 0.15) is 5.75 Å². The van der Waals surface area contributed by atoms with E-state index in [0.717, 1.165) is 18.4 Å². The molecule has 0 aliphatic carbocycles. The van der Waals surface area contributed by atoms with Crippen LogP contribution < -0.4 is 10.1 Å². The molecule has 1 aromatic carbocycles. The molecule has 1 heterocycles. The summed E-state index contributed by atoms with van der Waals surface area (Å²) in [5, 5.41) is 13.1. The SMILES string of the molecule is CCOc1cc(C)ccc1NC(=O)N1CCCC1C(C)(C)O. The number of ether oxygens (including phenoxy) is 1. The molecule has 1 aliphatic heterocycles. The van der Waals surface area contributed by atoms with Gasteiger partial charge in [0.15, 0.2) is 0 Å². The van der Waals surface area contributed by atoms with Crippen molar-refractivity contribution in [3.05, 3.63) is 23.8 Å². The molecule has 0 saturated carbocycles. The number of aryl methyl sites for hydroxylation is 1. The van der Waals surface area contributed by atoms with Crippen molar-refractivity contribution in [2.24, 2.45) is 0 Å². The van der Waals surface area contributed by atoms with Crippen LogP contribution in [0, 0.1) is 6.92 Å². The molecule has 5 nitrogen and oxygen atoms in total. The molecule has 1 fully saturated rings. The lowest BCUT2D eigenvalue weighted by Crippen LogP contribution is -2.49. The first-order valence-corrected chi connectivity index (χ1v) is 7.86. The average molecular weight is 306 g/mol. The molecule has 0 radical (unpaired) electrons. The molecule has 5 heteroatoms. The number of carbonyl (C=O) groups excluding carboxylic acids is 1. The third kappa shape index (κ3) is 3.71. The van der Waals surface area contributed by atoms with Gasteiger partial charge in [0.2, 0.25) is 0 Å². The van der Waals surface area contributed by atoms with Crippen LogP contribution in [-0.4, -0.2) is 40.8 Å². The number of hydrogen-bond donors (Lipinski definition) is 2. The van der Waals surface area contributed by atoms with Crippen molar-refractivity contribution in [2.75, 3.05) is 18.5 Å². The molecule has 1 aliphatic rings. The van der Waals surface area contributed by atoms with Gasteiger partial charge in [-0.3, -0.25) is 0 Å². The number of aliphatic hydroxyl groups is 1. The van der Waals surface area contributed by atoms with E-state index in [1.54, 1.807) is 18.7 Å². The first-order valence-electron chi connectivity index (χ1n) is 7.86. The van der Waals surface area contributed by atoms with Crippen molar-refractivity contribution in [3.63, 3.8) is 0 Å². The second-order valence-electron chi connectivity index (χ2n) is 6.37. The summed E-state index contributed by atoms with van der Waals surface area (Å²) in [6.07, 6.45) is 1.73. The maximum atomic E-state index is 12.6. The fraction of sp³-hybridized carbons (Fsp3) is 0.588. The molecule has 22 heavy (non-hydrogen) atoms. The Morgan fingerprint density at radius 2 is 2.23 bits per heavy atom. The minimum absolute atomic E-state index is 0.159. The van der Waals surface area contributed by atoms with Crippen LogP contribution in [0.3, 0.4) is 0 Å². The molecule has 0 aromatic heterocycles. The smallest absolute Gasteiger partial charge is 0.322 e. The van der Waals surface area contributed by atoms with Crippen LogP contribution in [0.25, 0.3) is 0 Å². The topological polar surface area (TPSA) is 61.8 Å². The number of carbonyl (C=O) groups is 1. The zero-order chi connectivity index (χ0) is 16.3. The molecule has 1 unspecified atom stereocenters. The Balaban J connectivity index is 2.15. The normalized spacial score (nSPS) is 18.4. The Morgan fingerprint density at radius 3 is 2.86 bits per heavy atom. The number of likely N-dealkylation sites (tertiary alicyclic amines) is 1. The lowest BCUT2D eigenvalue weighted by Gasteiger charge is -2.33. The minimum Gasteiger partial charge on any atom is -0.492 e. The lowest BCUT2D eigenvalue weighted by molar-refractivity contribution is 0.0117. The van der Waals surface area contributed by atoms with Crippen LogP contribution in [0.2, 0.25) is 0 Å². The summed E-state index contributed by atoms with van der Waals surface area (Å²) in [4.78, 5) is 14.3. The summed E-state index contributed by atoms with van der Waals surface area (Å²) in [5.41, 5.74) is 0.847. The fourth-order valence-corrected chi connectivity index (χ4v) is 2.94. The number of hydrogen-bond acceptors (Lipinski definition) is 3. The van der Waals surface area contributed by atoms with E-state index < -0.39 is 5.60 Å². The summed E-state index contributed by atoms with van der Waals surface area (Å²) < 4.78 is 5.59. The van der Waals surface area contributed by atoms with Crippen molar-refractivity contribution in [2.45, 2.75) is 52.2 Å². The monoisotopic (exact) mass is 306 g/mol. The third-order valence-electron chi connectivity index (χ3n) is 4.01. The molecule has 1 aromatic rings. The average Bonchev–Trinajstić information content (AvgIpc) is 2.91. The molecule has 2 amide bonds. The summed E-state index contributed by atoms with van der Waals surface area (Å²) in [6.45, 7) is 8.61. The number of nitrogens with one attached hydrogen (secondary N) is 1. The zero-order valence-electron chi connectivity index (χ0n) is 13.8. The molecule has 122 valence electrons. The highest BCUT2D eigenvalue weighted by molar-refractivity contribution is 5.91. The lowest BCUT2D eigenvalue weighted by atomic mass is 9.97. The first kappa shape index (κ1) is 16.6. The van der Waals surface area contributed by atoms with Gasteiger partial charge in [-0.25, -0.2) is 4.79 Å². The van der Waals surface area contributed by atoms with Crippen LogP contribution in [0.4, 0.5) is 10.5 Å². The Bertz CT molecular complexity index is 537. The highest BCUT2D eigenvalue weighted by Crippen LogP contribution is 2.30. The molecule has 2 N–H and O–H groups in total. The number of rotatable bonds is 4. The number of amides is 2. The molecule has 1 atom stereocenters.